The van der Waals surface area contributed by atoms with Gasteiger partial charge in [-0.2, -0.15) is 0 Å². The van der Waals surface area contributed by atoms with Crippen LogP contribution in [0.4, 0.5) is 0 Å². The quantitative estimate of drug-likeness (QED) is 0.381. The molecule has 9 heavy (non-hydrogen) atoms. The van der Waals surface area contributed by atoms with E-state index in [0.29, 0.717) is 0 Å². The third-order valence-corrected chi connectivity index (χ3v) is 0. The van der Waals surface area contributed by atoms with Gasteiger partial charge in [-0.05, 0) is 0 Å². The topological polar surface area (TPSA) is 220 Å². The van der Waals surface area contributed by atoms with Crippen LogP contribution in [0.25, 0.3) is 0 Å². The molecule has 9 heteroatoms. The van der Waals surface area contributed by atoms with Crippen LogP contribution in [-0.2, 0) is 14.1 Å². The summed E-state index contributed by atoms with van der Waals surface area (Å²) in [6.07, 6.45) is 0. The molecule has 0 saturated heterocycles. The Labute approximate surface area is 63.7 Å². The Hall–Kier alpha value is 0.446. The van der Waals surface area contributed by atoms with Crippen molar-refractivity contribution < 1.29 is 52.5 Å². The molecule has 0 fully saturated rings. The van der Waals surface area contributed by atoms with Crippen LogP contribution in [0.3, 0.4) is 0 Å². The summed E-state index contributed by atoms with van der Waals surface area (Å²) in [5.74, 6) is 0. The summed E-state index contributed by atoms with van der Waals surface area (Å²) in [5, 5.41) is 0. The summed E-state index contributed by atoms with van der Waals surface area (Å²) in [7, 11) is 3.77. The van der Waals surface area contributed by atoms with Crippen molar-refractivity contribution in [1.82, 2.24) is 0 Å². The van der Waals surface area contributed by atoms with Crippen LogP contribution in [0.2, 0.25) is 0 Å². The molecule has 0 aromatic heterocycles. The van der Waals surface area contributed by atoms with Gasteiger partial charge >= 0.3 is 24.7 Å². The summed E-state index contributed by atoms with van der Waals surface area (Å²) < 4.78 is 0. The molecular weight excluding hydrogens is 203 g/mol. The van der Waals surface area contributed by atoms with E-state index in [-0.39, 0.29) is 38.3 Å². The van der Waals surface area contributed by atoms with E-state index in [1.54, 1.807) is 0 Å². The van der Waals surface area contributed by atoms with Crippen LogP contribution in [0.5, 0.6) is 0 Å². The molecule has 0 aliphatic rings. The second kappa shape index (κ2) is 2350. The summed E-state index contributed by atoms with van der Waals surface area (Å²) in [4.78, 5) is 0. The monoisotopic (exact) mass is 217 g/mol. The molecule has 0 rings (SSSR count). The van der Waals surface area contributed by atoms with Gasteiger partial charge in [0.2, 0.25) is 0 Å². The summed E-state index contributed by atoms with van der Waals surface area (Å²) in [5.41, 5.74) is 0. The van der Waals surface area contributed by atoms with E-state index < -0.39 is 0 Å². The van der Waals surface area contributed by atoms with E-state index in [1.165, 1.54) is 0 Å². The summed E-state index contributed by atoms with van der Waals surface area (Å²) >= 11 is 3.15. The van der Waals surface area contributed by atoms with Gasteiger partial charge < -0.3 is 38.3 Å². The van der Waals surface area contributed by atoms with E-state index in [4.69, 9.17) is 0 Å². The van der Waals surface area contributed by atoms with E-state index in [9.17, 15) is 0 Å². The molecule has 0 heterocycles. The normalized spacial score (nSPS) is 0.556. The van der Waals surface area contributed by atoms with Crippen molar-refractivity contribution in [2.75, 3.05) is 0 Å². The van der Waals surface area contributed by atoms with Gasteiger partial charge in [-0.1, -0.05) is 0 Å². The predicted octanol–water partition coefficient (Wildman–Crippen LogP) is -5.13. The van der Waals surface area contributed by atoms with Gasteiger partial charge in [0.15, 0.2) is 0 Å². The van der Waals surface area contributed by atoms with Crippen molar-refractivity contribution in [1.29, 1.82) is 0 Å². The molecule has 0 aliphatic carbocycles. The van der Waals surface area contributed by atoms with Crippen molar-refractivity contribution in [3.63, 3.8) is 0 Å². The van der Waals surface area contributed by atoms with Gasteiger partial charge in [-0.3, -0.25) is 0 Å². The summed E-state index contributed by atoms with van der Waals surface area (Å²) in [6.45, 7) is 0. The molecule has 0 bridgehead atoms. The second-order valence-corrected chi connectivity index (χ2v) is 0. The zero-order chi connectivity index (χ0) is 2.00. The van der Waals surface area contributed by atoms with E-state index in [2.05, 4.69) is 24.7 Å². The van der Waals surface area contributed by atoms with Gasteiger partial charge in [0.05, 0.1) is 0 Å². The van der Waals surface area contributed by atoms with Crippen molar-refractivity contribution >= 4 is 10.6 Å². The fourth-order valence-corrected chi connectivity index (χ4v) is 0. The fraction of sp³-hybridized carbons (Fsp3) is 0. The molecule has 71 valence electrons. The number of rotatable bonds is 0. The van der Waals surface area contributed by atoms with E-state index >= 15 is 0 Å². The van der Waals surface area contributed by atoms with E-state index in [1.807, 2.05) is 0 Å². The van der Waals surface area contributed by atoms with Crippen molar-refractivity contribution in [2.45, 2.75) is 0 Å². The molecule has 0 unspecified atom stereocenters. The molecule has 0 saturated carbocycles. The van der Waals surface area contributed by atoms with Crippen molar-refractivity contribution in [3.8, 4) is 0 Å². The van der Waals surface area contributed by atoms with Crippen LogP contribution < -0.4 is 0 Å². The molecule has 0 spiro atoms. The number of hydrogen-bond acceptors (Lipinski definition) is 1. The first-order chi connectivity index (χ1) is 1.00. The second-order valence-electron chi connectivity index (χ2n) is 0. The number of hydrogen-bond donors (Lipinski definition) is 0. The van der Waals surface area contributed by atoms with Gasteiger partial charge in [-0.25, -0.2) is 0 Å². The fourth-order valence-electron chi connectivity index (χ4n) is 0. The Morgan fingerprint density at radius 2 is 0.444 bits per heavy atom. The predicted molar refractivity (Wildman–Crippen MR) is 32.9 cm³/mol. The third-order valence-electron chi connectivity index (χ3n) is 0. The standard InChI is InChI=1S/Co.7H2O.S/h;7*1H2;. The first-order valence-electron chi connectivity index (χ1n) is 0.136. The molecule has 0 aromatic rings. The van der Waals surface area contributed by atoms with Gasteiger partial charge in [0.25, 0.3) is 0 Å². The van der Waals surface area contributed by atoms with Crippen molar-refractivity contribution in [2.24, 2.45) is 0 Å². The third kappa shape index (κ3) is 1760. The average Bonchev–Trinajstić information content (AvgIpc) is 1.00. The van der Waals surface area contributed by atoms with Crippen LogP contribution >= 0.6 is 10.6 Å². The Kier molecular flexibility index (Phi) is 84100. The van der Waals surface area contributed by atoms with Gasteiger partial charge in [-0.15, -0.1) is 0 Å². The average molecular weight is 217 g/mol. The zero-order valence-corrected chi connectivity index (χ0v) is 6.10. The van der Waals surface area contributed by atoms with Crippen LogP contribution in [0.15, 0.2) is 0 Å². The SMILES string of the molecule is O.O.O.O.O.O.O.[S]=[Co]. The van der Waals surface area contributed by atoms with Gasteiger partial charge in [0.1, 0.15) is 0 Å². The minimum atomic E-state index is 0. The first-order valence-corrected chi connectivity index (χ1v) is 1.68. The molecule has 7 nitrogen and oxygen atoms in total. The minimum absolute atomic E-state index is 0. The maximum absolute atomic E-state index is 3.77. The summed E-state index contributed by atoms with van der Waals surface area (Å²) in [6, 6.07) is 0. The molecule has 0 aromatic carbocycles. The Morgan fingerprint density at radius 1 is 0.444 bits per heavy atom. The molecule has 0 aliphatic heterocycles. The maximum atomic E-state index is 3.77. The molecular formula is H14CoO7S. The molecule has 0 amide bonds. The van der Waals surface area contributed by atoms with Crippen molar-refractivity contribution in [3.05, 3.63) is 0 Å². The van der Waals surface area contributed by atoms with Gasteiger partial charge in [0, 0.05) is 0 Å². The molecule has 0 radical (unpaired) electrons. The Morgan fingerprint density at radius 3 is 0.444 bits per heavy atom. The first kappa shape index (κ1) is 322. The Bertz CT molecular complexity index is 8.88. The van der Waals surface area contributed by atoms with Crippen LogP contribution in [0, 0.1) is 0 Å². The van der Waals surface area contributed by atoms with E-state index in [0.717, 1.165) is 0 Å². The van der Waals surface area contributed by atoms with Crippen LogP contribution in [-0.4, -0.2) is 38.3 Å². The molecule has 14 N–H and O–H groups in total. The zero-order valence-electron chi connectivity index (χ0n) is 4.24. The van der Waals surface area contributed by atoms with Crippen LogP contribution in [0.1, 0.15) is 0 Å². The molecule has 0 atom stereocenters. The Balaban J connectivity index is -0.000000000238.